The molecule has 5 heteroatoms. The van der Waals surface area contributed by atoms with Crippen LogP contribution in [0.3, 0.4) is 0 Å². The van der Waals surface area contributed by atoms with E-state index in [1.807, 2.05) is 51.1 Å². The van der Waals surface area contributed by atoms with Gasteiger partial charge in [-0.05, 0) is 44.5 Å². The predicted molar refractivity (Wildman–Crippen MR) is 82.7 cm³/mol. The van der Waals surface area contributed by atoms with Crippen molar-refractivity contribution < 1.29 is 9.84 Å². The molecular weight excluding hydrogens is 266 g/mol. The van der Waals surface area contributed by atoms with Gasteiger partial charge in [0.1, 0.15) is 18.5 Å². The molecule has 2 aromatic rings. The maximum atomic E-state index is 9.94. The second-order valence-electron chi connectivity index (χ2n) is 5.14. The van der Waals surface area contributed by atoms with Gasteiger partial charge < -0.3 is 15.2 Å². The number of hydrogen-bond donors (Lipinski definition) is 2. The standard InChI is InChI=1S/C16H21N3O2/c1-11-5-4-6-15(7-11)21-10-14(20)9-17-16-18-12(2)8-13(3)19-16/h4-8,14,20H,9-10H2,1-3H3,(H,17,18,19). The maximum Gasteiger partial charge on any atom is 0.223 e. The van der Waals surface area contributed by atoms with Crippen molar-refractivity contribution in [3.05, 3.63) is 47.3 Å². The average molecular weight is 287 g/mol. The van der Waals surface area contributed by atoms with Crippen LogP contribution in [0, 0.1) is 20.8 Å². The first-order valence-electron chi connectivity index (χ1n) is 6.96. The Labute approximate surface area is 125 Å². The molecule has 1 atom stereocenters. The highest BCUT2D eigenvalue weighted by Gasteiger charge is 2.07. The Balaban J connectivity index is 1.80. The molecular formula is C16H21N3O2. The number of aliphatic hydroxyl groups excluding tert-OH is 1. The highest BCUT2D eigenvalue weighted by Crippen LogP contribution is 2.12. The van der Waals surface area contributed by atoms with Crippen molar-refractivity contribution >= 4 is 5.95 Å². The zero-order chi connectivity index (χ0) is 15.2. The van der Waals surface area contributed by atoms with Gasteiger partial charge in [0.2, 0.25) is 5.95 Å². The average Bonchev–Trinajstić information content (AvgIpc) is 2.42. The van der Waals surface area contributed by atoms with E-state index in [1.54, 1.807) is 0 Å². The molecule has 21 heavy (non-hydrogen) atoms. The number of rotatable bonds is 6. The zero-order valence-corrected chi connectivity index (χ0v) is 12.6. The fourth-order valence-corrected chi connectivity index (χ4v) is 1.97. The van der Waals surface area contributed by atoms with Crippen molar-refractivity contribution in [2.45, 2.75) is 26.9 Å². The second-order valence-corrected chi connectivity index (χ2v) is 5.14. The number of benzene rings is 1. The number of aliphatic hydroxyl groups is 1. The highest BCUT2D eigenvalue weighted by atomic mass is 16.5. The van der Waals surface area contributed by atoms with Gasteiger partial charge in [0.15, 0.2) is 0 Å². The normalized spacial score (nSPS) is 12.0. The fraction of sp³-hybridized carbons (Fsp3) is 0.375. The Morgan fingerprint density at radius 1 is 1.14 bits per heavy atom. The molecule has 0 aliphatic carbocycles. The SMILES string of the molecule is Cc1cccc(OCC(O)CNc2nc(C)cc(C)n2)c1. The number of nitrogens with zero attached hydrogens (tertiary/aromatic N) is 2. The number of aromatic nitrogens is 2. The first-order chi connectivity index (χ1) is 10.0. The van der Waals surface area contributed by atoms with Crippen molar-refractivity contribution in [1.29, 1.82) is 0 Å². The molecule has 2 rings (SSSR count). The number of aryl methyl sites for hydroxylation is 3. The Morgan fingerprint density at radius 2 is 1.86 bits per heavy atom. The van der Waals surface area contributed by atoms with Crippen LogP contribution in [0.2, 0.25) is 0 Å². The van der Waals surface area contributed by atoms with Gasteiger partial charge in [-0.1, -0.05) is 12.1 Å². The smallest absolute Gasteiger partial charge is 0.223 e. The molecule has 0 saturated heterocycles. The van der Waals surface area contributed by atoms with Crippen molar-refractivity contribution in [1.82, 2.24) is 9.97 Å². The van der Waals surface area contributed by atoms with E-state index in [1.165, 1.54) is 0 Å². The molecule has 0 radical (unpaired) electrons. The van der Waals surface area contributed by atoms with E-state index >= 15 is 0 Å². The molecule has 0 fully saturated rings. The summed E-state index contributed by atoms with van der Waals surface area (Å²) >= 11 is 0. The summed E-state index contributed by atoms with van der Waals surface area (Å²) in [6.45, 7) is 6.40. The van der Waals surface area contributed by atoms with Crippen LogP contribution < -0.4 is 10.1 Å². The van der Waals surface area contributed by atoms with Crippen LogP contribution in [0.15, 0.2) is 30.3 Å². The van der Waals surface area contributed by atoms with Crippen LogP contribution in [-0.4, -0.2) is 34.3 Å². The summed E-state index contributed by atoms with van der Waals surface area (Å²) in [5.41, 5.74) is 2.93. The van der Waals surface area contributed by atoms with Gasteiger partial charge >= 0.3 is 0 Å². The van der Waals surface area contributed by atoms with E-state index in [0.29, 0.717) is 12.5 Å². The summed E-state index contributed by atoms with van der Waals surface area (Å²) in [4.78, 5) is 8.52. The van der Waals surface area contributed by atoms with Gasteiger partial charge in [-0.2, -0.15) is 0 Å². The van der Waals surface area contributed by atoms with Crippen LogP contribution in [0.5, 0.6) is 5.75 Å². The summed E-state index contributed by atoms with van der Waals surface area (Å²) in [6.07, 6.45) is -0.630. The summed E-state index contributed by atoms with van der Waals surface area (Å²) < 4.78 is 5.55. The van der Waals surface area contributed by atoms with Crippen LogP contribution in [0.25, 0.3) is 0 Å². The molecule has 1 aromatic heterocycles. The van der Waals surface area contributed by atoms with Crippen molar-refractivity contribution in [2.24, 2.45) is 0 Å². The molecule has 112 valence electrons. The van der Waals surface area contributed by atoms with E-state index in [2.05, 4.69) is 15.3 Å². The summed E-state index contributed by atoms with van der Waals surface area (Å²) in [6, 6.07) is 9.65. The first kappa shape index (κ1) is 15.3. The Morgan fingerprint density at radius 3 is 2.52 bits per heavy atom. The lowest BCUT2D eigenvalue weighted by Crippen LogP contribution is -2.27. The highest BCUT2D eigenvalue weighted by molar-refractivity contribution is 5.28. The van der Waals surface area contributed by atoms with Gasteiger partial charge in [0, 0.05) is 17.9 Å². The largest absolute Gasteiger partial charge is 0.491 e. The number of hydrogen-bond acceptors (Lipinski definition) is 5. The third kappa shape index (κ3) is 5.04. The molecule has 5 nitrogen and oxygen atoms in total. The van der Waals surface area contributed by atoms with Crippen LogP contribution in [-0.2, 0) is 0 Å². The van der Waals surface area contributed by atoms with E-state index in [-0.39, 0.29) is 6.61 Å². The van der Waals surface area contributed by atoms with Gasteiger partial charge in [0.05, 0.1) is 0 Å². The zero-order valence-electron chi connectivity index (χ0n) is 12.6. The lowest BCUT2D eigenvalue weighted by molar-refractivity contribution is 0.117. The topological polar surface area (TPSA) is 67.3 Å². The van der Waals surface area contributed by atoms with E-state index in [9.17, 15) is 5.11 Å². The Kier molecular flexibility index (Phi) is 5.11. The summed E-state index contributed by atoms with van der Waals surface area (Å²) in [7, 11) is 0. The van der Waals surface area contributed by atoms with E-state index in [0.717, 1.165) is 22.7 Å². The monoisotopic (exact) mass is 287 g/mol. The molecule has 0 saturated carbocycles. The molecule has 0 bridgehead atoms. The Bertz CT molecular complexity index is 582. The lowest BCUT2D eigenvalue weighted by Gasteiger charge is -2.14. The molecule has 1 heterocycles. The van der Waals surface area contributed by atoms with Gasteiger partial charge in [-0.25, -0.2) is 9.97 Å². The molecule has 1 aromatic carbocycles. The molecule has 0 aliphatic heterocycles. The lowest BCUT2D eigenvalue weighted by atomic mass is 10.2. The minimum atomic E-state index is -0.630. The van der Waals surface area contributed by atoms with E-state index < -0.39 is 6.10 Å². The summed E-state index contributed by atoms with van der Waals surface area (Å²) in [5.74, 6) is 1.29. The minimum Gasteiger partial charge on any atom is -0.491 e. The van der Waals surface area contributed by atoms with Gasteiger partial charge in [0.25, 0.3) is 0 Å². The summed E-state index contributed by atoms with van der Waals surface area (Å²) in [5, 5.41) is 13.0. The fourth-order valence-electron chi connectivity index (χ4n) is 1.97. The van der Waals surface area contributed by atoms with E-state index in [4.69, 9.17) is 4.74 Å². The maximum absolute atomic E-state index is 9.94. The Hall–Kier alpha value is -2.14. The number of anilines is 1. The van der Waals surface area contributed by atoms with Gasteiger partial charge in [-0.3, -0.25) is 0 Å². The first-order valence-corrected chi connectivity index (χ1v) is 6.96. The van der Waals surface area contributed by atoms with Crippen LogP contribution in [0.1, 0.15) is 17.0 Å². The molecule has 2 N–H and O–H groups in total. The third-order valence-corrected chi connectivity index (χ3v) is 2.91. The number of ether oxygens (including phenoxy) is 1. The van der Waals surface area contributed by atoms with Gasteiger partial charge in [-0.15, -0.1) is 0 Å². The van der Waals surface area contributed by atoms with Crippen molar-refractivity contribution in [3.63, 3.8) is 0 Å². The van der Waals surface area contributed by atoms with Crippen LogP contribution >= 0.6 is 0 Å². The molecule has 0 aliphatic rings. The number of nitrogens with one attached hydrogen (secondary N) is 1. The van der Waals surface area contributed by atoms with Crippen molar-refractivity contribution in [2.75, 3.05) is 18.5 Å². The van der Waals surface area contributed by atoms with Crippen molar-refractivity contribution in [3.8, 4) is 5.75 Å². The minimum absolute atomic E-state index is 0.223. The third-order valence-electron chi connectivity index (χ3n) is 2.91. The quantitative estimate of drug-likeness (QED) is 0.853. The van der Waals surface area contributed by atoms with Crippen LogP contribution in [0.4, 0.5) is 5.95 Å². The predicted octanol–water partition coefficient (Wildman–Crippen LogP) is 2.25. The second kappa shape index (κ2) is 7.04. The molecule has 0 spiro atoms. The molecule has 1 unspecified atom stereocenters. The molecule has 0 amide bonds.